The van der Waals surface area contributed by atoms with Gasteiger partial charge in [0.2, 0.25) is 0 Å². The fourth-order valence-corrected chi connectivity index (χ4v) is 3.05. The summed E-state index contributed by atoms with van der Waals surface area (Å²) in [4.78, 5) is 12.4. The van der Waals surface area contributed by atoms with Gasteiger partial charge in [-0.15, -0.1) is 0 Å². The number of methoxy groups -OCH3 is 1. The van der Waals surface area contributed by atoms with Gasteiger partial charge in [-0.1, -0.05) is 54.1 Å². The molecule has 0 radical (unpaired) electrons. The van der Waals surface area contributed by atoms with Gasteiger partial charge < -0.3 is 4.74 Å². The third-order valence-electron chi connectivity index (χ3n) is 3.97. The maximum Gasteiger partial charge on any atom is 0.336 e. The SMILES string of the molecule is COC(=O)C1=C(C)NN=C(c2ccccc2)C1c1cccc(Cl)c1. The summed E-state index contributed by atoms with van der Waals surface area (Å²) in [6.07, 6.45) is 0. The average Bonchev–Trinajstić information content (AvgIpc) is 2.61. The molecule has 1 atom stereocenters. The molecule has 2 aromatic rings. The smallest absolute Gasteiger partial charge is 0.336 e. The number of halogens is 1. The highest BCUT2D eigenvalue weighted by Crippen LogP contribution is 2.34. The van der Waals surface area contributed by atoms with Crippen LogP contribution in [0, 0.1) is 0 Å². The molecule has 0 aliphatic carbocycles. The van der Waals surface area contributed by atoms with Crippen LogP contribution in [0.4, 0.5) is 0 Å². The maximum absolute atomic E-state index is 12.4. The van der Waals surface area contributed by atoms with Gasteiger partial charge in [-0.25, -0.2) is 4.79 Å². The molecule has 0 spiro atoms. The fourth-order valence-electron chi connectivity index (χ4n) is 2.85. The lowest BCUT2D eigenvalue weighted by molar-refractivity contribution is -0.136. The number of carbonyl (C=O) groups is 1. The van der Waals surface area contributed by atoms with Crippen molar-refractivity contribution in [3.05, 3.63) is 82.0 Å². The molecule has 3 rings (SSSR count). The zero-order chi connectivity index (χ0) is 17.1. The highest BCUT2D eigenvalue weighted by molar-refractivity contribution is 6.30. The number of hydrogen-bond acceptors (Lipinski definition) is 4. The third kappa shape index (κ3) is 3.05. The Morgan fingerprint density at radius 2 is 1.92 bits per heavy atom. The second-order valence-corrected chi connectivity index (χ2v) is 5.93. The minimum atomic E-state index is -0.381. The van der Waals surface area contributed by atoms with E-state index in [0.29, 0.717) is 16.3 Å². The van der Waals surface area contributed by atoms with Crippen LogP contribution in [0.15, 0.2) is 71.0 Å². The van der Waals surface area contributed by atoms with Crippen LogP contribution in [0.25, 0.3) is 0 Å². The number of ether oxygens (including phenoxy) is 1. The standard InChI is InChI=1S/C19H17ClN2O2/c1-12-16(19(23)24-2)17(14-9-6-10-15(20)11-14)18(22-21-12)13-7-4-3-5-8-13/h3-11,17,21H,1-2H3. The van der Waals surface area contributed by atoms with Crippen molar-refractivity contribution in [2.45, 2.75) is 12.8 Å². The third-order valence-corrected chi connectivity index (χ3v) is 4.20. The van der Waals surface area contributed by atoms with Crippen molar-refractivity contribution in [3.8, 4) is 0 Å². The molecule has 0 saturated carbocycles. The summed E-state index contributed by atoms with van der Waals surface area (Å²) in [5, 5.41) is 5.10. The molecule has 0 saturated heterocycles. The molecule has 0 aromatic heterocycles. The number of esters is 1. The van der Waals surface area contributed by atoms with Gasteiger partial charge in [0.25, 0.3) is 0 Å². The van der Waals surface area contributed by atoms with Crippen molar-refractivity contribution < 1.29 is 9.53 Å². The lowest BCUT2D eigenvalue weighted by Gasteiger charge is -2.27. The van der Waals surface area contributed by atoms with Gasteiger partial charge in [0.05, 0.1) is 24.3 Å². The zero-order valence-electron chi connectivity index (χ0n) is 13.4. The Morgan fingerprint density at radius 1 is 1.17 bits per heavy atom. The van der Waals surface area contributed by atoms with Crippen molar-refractivity contribution in [1.29, 1.82) is 0 Å². The Hall–Kier alpha value is -2.59. The first-order chi connectivity index (χ1) is 11.6. The Morgan fingerprint density at radius 3 is 2.58 bits per heavy atom. The number of hydrazone groups is 1. The van der Waals surface area contributed by atoms with Gasteiger partial charge in [-0.2, -0.15) is 5.10 Å². The normalized spacial score (nSPS) is 17.1. The van der Waals surface area contributed by atoms with Crippen molar-refractivity contribution in [2.75, 3.05) is 7.11 Å². The lowest BCUT2D eigenvalue weighted by Crippen LogP contribution is -2.31. The molecule has 1 heterocycles. The van der Waals surface area contributed by atoms with E-state index < -0.39 is 0 Å². The summed E-state index contributed by atoms with van der Waals surface area (Å²) in [5.74, 6) is -0.729. The van der Waals surface area contributed by atoms with Crippen LogP contribution >= 0.6 is 11.6 Å². The summed E-state index contributed by atoms with van der Waals surface area (Å²) in [6, 6.07) is 17.2. The molecular formula is C19H17ClN2O2. The quantitative estimate of drug-likeness (QED) is 0.863. The van der Waals surface area contributed by atoms with E-state index in [1.807, 2.05) is 55.5 Å². The minimum Gasteiger partial charge on any atom is -0.466 e. The number of carbonyl (C=O) groups excluding carboxylic acids is 1. The number of nitrogens with one attached hydrogen (secondary N) is 1. The number of nitrogens with zero attached hydrogens (tertiary/aromatic N) is 1. The zero-order valence-corrected chi connectivity index (χ0v) is 14.2. The Bertz CT molecular complexity index is 828. The summed E-state index contributed by atoms with van der Waals surface area (Å²) in [7, 11) is 1.38. The van der Waals surface area contributed by atoms with Gasteiger partial charge in [0.1, 0.15) is 0 Å². The van der Waals surface area contributed by atoms with Crippen LogP contribution < -0.4 is 5.43 Å². The van der Waals surface area contributed by atoms with E-state index >= 15 is 0 Å². The topological polar surface area (TPSA) is 50.7 Å². The van der Waals surface area contributed by atoms with Crippen molar-refractivity contribution >= 4 is 23.3 Å². The van der Waals surface area contributed by atoms with E-state index in [4.69, 9.17) is 16.3 Å². The van der Waals surface area contributed by atoms with E-state index in [-0.39, 0.29) is 11.9 Å². The van der Waals surface area contributed by atoms with Gasteiger partial charge in [-0.05, 0) is 30.2 Å². The first kappa shape index (κ1) is 16.3. The van der Waals surface area contributed by atoms with Crippen LogP contribution in [0.3, 0.4) is 0 Å². The second kappa shape index (κ2) is 6.89. The number of hydrogen-bond donors (Lipinski definition) is 1. The van der Waals surface area contributed by atoms with Crippen molar-refractivity contribution in [3.63, 3.8) is 0 Å². The highest BCUT2D eigenvalue weighted by atomic mass is 35.5. The predicted octanol–water partition coefficient (Wildman–Crippen LogP) is 3.88. The first-order valence-corrected chi connectivity index (χ1v) is 7.93. The van der Waals surface area contributed by atoms with Gasteiger partial charge >= 0.3 is 5.97 Å². The van der Waals surface area contributed by atoms with Crippen molar-refractivity contribution in [1.82, 2.24) is 5.43 Å². The maximum atomic E-state index is 12.4. The first-order valence-electron chi connectivity index (χ1n) is 7.55. The van der Waals surface area contributed by atoms with Crippen LogP contribution in [0.1, 0.15) is 24.0 Å². The van der Waals surface area contributed by atoms with E-state index in [1.165, 1.54) is 7.11 Å². The van der Waals surface area contributed by atoms with E-state index in [0.717, 1.165) is 16.8 Å². The molecule has 1 N–H and O–H groups in total. The molecule has 1 unspecified atom stereocenters. The minimum absolute atomic E-state index is 0.347. The summed E-state index contributed by atoms with van der Waals surface area (Å²) in [6.45, 7) is 1.81. The monoisotopic (exact) mass is 340 g/mol. The van der Waals surface area contributed by atoms with Crippen LogP contribution in [0.2, 0.25) is 5.02 Å². The van der Waals surface area contributed by atoms with E-state index in [1.54, 1.807) is 6.07 Å². The molecule has 4 nitrogen and oxygen atoms in total. The second-order valence-electron chi connectivity index (χ2n) is 5.49. The molecule has 0 amide bonds. The molecule has 0 fully saturated rings. The largest absolute Gasteiger partial charge is 0.466 e. The van der Waals surface area contributed by atoms with Gasteiger partial charge in [0, 0.05) is 10.7 Å². The Balaban J connectivity index is 2.18. The molecular weight excluding hydrogens is 324 g/mol. The molecule has 1 aliphatic heterocycles. The van der Waals surface area contributed by atoms with Crippen LogP contribution in [0.5, 0.6) is 0 Å². The molecule has 24 heavy (non-hydrogen) atoms. The summed E-state index contributed by atoms with van der Waals surface area (Å²) >= 11 is 6.17. The van der Waals surface area contributed by atoms with Gasteiger partial charge in [0.15, 0.2) is 0 Å². The fraction of sp³-hybridized carbons (Fsp3) is 0.158. The van der Waals surface area contributed by atoms with Crippen LogP contribution in [-0.2, 0) is 9.53 Å². The molecule has 122 valence electrons. The average molecular weight is 341 g/mol. The highest BCUT2D eigenvalue weighted by Gasteiger charge is 2.33. The van der Waals surface area contributed by atoms with Gasteiger partial charge in [-0.3, -0.25) is 5.43 Å². The van der Waals surface area contributed by atoms with Crippen LogP contribution in [-0.4, -0.2) is 18.8 Å². The molecule has 5 heteroatoms. The van der Waals surface area contributed by atoms with E-state index in [9.17, 15) is 4.79 Å². The molecule has 2 aromatic carbocycles. The number of benzene rings is 2. The molecule has 0 bridgehead atoms. The predicted molar refractivity (Wildman–Crippen MR) is 95.0 cm³/mol. The lowest BCUT2D eigenvalue weighted by atomic mass is 9.82. The number of rotatable bonds is 3. The summed E-state index contributed by atoms with van der Waals surface area (Å²) < 4.78 is 5.00. The Labute approximate surface area is 145 Å². The van der Waals surface area contributed by atoms with E-state index in [2.05, 4.69) is 10.5 Å². The molecule has 1 aliphatic rings. The van der Waals surface area contributed by atoms with Crippen molar-refractivity contribution in [2.24, 2.45) is 5.10 Å². The number of allylic oxidation sites excluding steroid dienone is 1. The Kier molecular flexibility index (Phi) is 4.67. The summed E-state index contributed by atoms with van der Waals surface area (Å²) in [5.41, 5.74) is 6.73.